The number of carbonyl (C=O) groups is 2. The molecule has 7 heteroatoms. The van der Waals surface area contributed by atoms with Gasteiger partial charge in [-0.3, -0.25) is 9.59 Å². The first-order valence-electron chi connectivity index (χ1n) is 10.9. The summed E-state index contributed by atoms with van der Waals surface area (Å²) in [5.74, 6) is 0.593. The molecule has 0 saturated heterocycles. The Hall–Kier alpha value is -2.64. The number of benzene rings is 2. The van der Waals surface area contributed by atoms with Gasteiger partial charge in [0.15, 0.2) is 0 Å². The van der Waals surface area contributed by atoms with Gasteiger partial charge in [0.2, 0.25) is 5.91 Å². The maximum absolute atomic E-state index is 13.6. The second-order valence-electron chi connectivity index (χ2n) is 8.35. The monoisotopic (exact) mass is 526 g/mol. The zero-order chi connectivity index (χ0) is 23.5. The molecule has 2 amide bonds. The average Bonchev–Trinajstić information content (AvgIpc) is 3.30. The first kappa shape index (κ1) is 23.5. The first-order chi connectivity index (χ1) is 15.9. The molecule has 3 aromatic rings. The minimum absolute atomic E-state index is 0.0404. The molecule has 33 heavy (non-hydrogen) atoms. The number of ether oxygens (including phenoxy) is 1. The van der Waals surface area contributed by atoms with Crippen LogP contribution >= 0.6 is 27.3 Å². The number of nitrogens with zero attached hydrogens (tertiary/aromatic N) is 2. The predicted molar refractivity (Wildman–Crippen MR) is 135 cm³/mol. The summed E-state index contributed by atoms with van der Waals surface area (Å²) in [7, 11) is 1.64. The van der Waals surface area contributed by atoms with Crippen molar-refractivity contribution in [1.82, 2.24) is 9.80 Å². The van der Waals surface area contributed by atoms with E-state index >= 15 is 0 Å². The molecule has 0 fully saturated rings. The lowest BCUT2D eigenvalue weighted by molar-refractivity contribution is -0.134. The van der Waals surface area contributed by atoms with Crippen molar-refractivity contribution in [2.45, 2.75) is 32.4 Å². The number of carbonyl (C=O) groups excluding carboxylic acids is 2. The van der Waals surface area contributed by atoms with E-state index in [1.165, 1.54) is 10.4 Å². The third kappa shape index (κ3) is 4.99. The van der Waals surface area contributed by atoms with Gasteiger partial charge >= 0.3 is 0 Å². The summed E-state index contributed by atoms with van der Waals surface area (Å²) >= 11 is 5.14. The van der Waals surface area contributed by atoms with E-state index in [0.29, 0.717) is 12.1 Å². The molecule has 1 atom stereocenters. The highest BCUT2D eigenvalue weighted by Gasteiger charge is 2.34. The average molecular weight is 527 g/mol. The standard InChI is InChI=1S/C26H27BrN2O3S/c1-17(2)29(26(31)19-4-8-20(27)9-5-19)16-24(30)28-14-12-23-22(13-15-33-23)25(28)18-6-10-21(32-3)11-7-18/h4-11,13,15,17,25H,12,14,16H2,1-3H3. The lowest BCUT2D eigenvalue weighted by Gasteiger charge is -2.38. The van der Waals surface area contributed by atoms with E-state index in [-0.39, 0.29) is 30.4 Å². The van der Waals surface area contributed by atoms with Crippen molar-refractivity contribution in [3.63, 3.8) is 0 Å². The molecule has 4 rings (SSSR count). The number of fused-ring (bicyclic) bond motifs is 1. The molecule has 0 spiro atoms. The van der Waals surface area contributed by atoms with Crippen LogP contribution in [0.25, 0.3) is 0 Å². The fraction of sp³-hybridized carbons (Fsp3) is 0.308. The Morgan fingerprint density at radius 2 is 1.82 bits per heavy atom. The highest BCUT2D eigenvalue weighted by atomic mass is 79.9. The van der Waals surface area contributed by atoms with Gasteiger partial charge in [0.25, 0.3) is 5.91 Å². The van der Waals surface area contributed by atoms with E-state index in [9.17, 15) is 9.59 Å². The van der Waals surface area contributed by atoms with E-state index in [2.05, 4.69) is 27.4 Å². The number of hydrogen-bond acceptors (Lipinski definition) is 4. The maximum atomic E-state index is 13.6. The van der Waals surface area contributed by atoms with Gasteiger partial charge in [-0.15, -0.1) is 11.3 Å². The highest BCUT2D eigenvalue weighted by Crippen LogP contribution is 2.38. The molecule has 0 bridgehead atoms. The molecule has 0 saturated carbocycles. The smallest absolute Gasteiger partial charge is 0.254 e. The Labute approximate surface area is 207 Å². The van der Waals surface area contributed by atoms with Crippen LogP contribution in [0.3, 0.4) is 0 Å². The van der Waals surface area contributed by atoms with E-state index in [4.69, 9.17) is 4.74 Å². The molecule has 1 unspecified atom stereocenters. The lowest BCUT2D eigenvalue weighted by Crippen LogP contribution is -2.48. The van der Waals surface area contributed by atoms with E-state index < -0.39 is 0 Å². The van der Waals surface area contributed by atoms with E-state index in [1.807, 2.05) is 55.1 Å². The summed E-state index contributed by atoms with van der Waals surface area (Å²) in [4.78, 5) is 31.7. The fourth-order valence-electron chi connectivity index (χ4n) is 4.21. The lowest BCUT2D eigenvalue weighted by atomic mass is 9.93. The van der Waals surface area contributed by atoms with Crippen LogP contribution in [0.15, 0.2) is 64.5 Å². The summed E-state index contributed by atoms with van der Waals surface area (Å²) in [5, 5.41) is 2.09. The zero-order valence-electron chi connectivity index (χ0n) is 19.0. The van der Waals surface area contributed by atoms with Gasteiger partial charge < -0.3 is 14.5 Å². The van der Waals surface area contributed by atoms with Gasteiger partial charge in [0.1, 0.15) is 12.3 Å². The Kier molecular flexibility index (Phi) is 7.20. The van der Waals surface area contributed by atoms with Crippen molar-refractivity contribution < 1.29 is 14.3 Å². The van der Waals surface area contributed by atoms with Crippen molar-refractivity contribution >= 4 is 39.1 Å². The molecule has 5 nitrogen and oxygen atoms in total. The summed E-state index contributed by atoms with van der Waals surface area (Å²) in [6, 6.07) is 17.0. The van der Waals surface area contributed by atoms with Gasteiger partial charge in [-0.05, 0) is 79.2 Å². The van der Waals surface area contributed by atoms with Gasteiger partial charge in [0.05, 0.1) is 13.2 Å². The second kappa shape index (κ2) is 10.1. The zero-order valence-corrected chi connectivity index (χ0v) is 21.4. The van der Waals surface area contributed by atoms with Crippen LogP contribution in [0.4, 0.5) is 0 Å². The van der Waals surface area contributed by atoms with Crippen LogP contribution in [0.1, 0.15) is 46.3 Å². The second-order valence-corrected chi connectivity index (χ2v) is 10.3. The van der Waals surface area contributed by atoms with E-state index in [1.54, 1.807) is 35.5 Å². The van der Waals surface area contributed by atoms with Crippen LogP contribution in [0, 0.1) is 0 Å². The van der Waals surface area contributed by atoms with Gasteiger partial charge in [-0.25, -0.2) is 0 Å². The van der Waals surface area contributed by atoms with Crippen LogP contribution < -0.4 is 4.74 Å². The Morgan fingerprint density at radius 3 is 2.45 bits per heavy atom. The molecule has 172 valence electrons. The molecular formula is C26H27BrN2O3S. The van der Waals surface area contributed by atoms with Crippen LogP contribution in [0.5, 0.6) is 5.75 Å². The molecule has 0 N–H and O–H groups in total. The molecule has 1 aliphatic heterocycles. The largest absolute Gasteiger partial charge is 0.497 e. The summed E-state index contributed by atoms with van der Waals surface area (Å²) in [6.45, 7) is 4.55. The minimum Gasteiger partial charge on any atom is -0.497 e. The van der Waals surface area contributed by atoms with E-state index in [0.717, 1.165) is 22.2 Å². The van der Waals surface area contributed by atoms with Crippen LogP contribution in [-0.4, -0.2) is 47.9 Å². The van der Waals surface area contributed by atoms with Crippen LogP contribution in [0.2, 0.25) is 0 Å². The summed E-state index contributed by atoms with van der Waals surface area (Å²) in [6.07, 6.45) is 0.827. The van der Waals surface area contributed by atoms with Gasteiger partial charge in [-0.1, -0.05) is 28.1 Å². The summed E-state index contributed by atoms with van der Waals surface area (Å²) in [5.41, 5.74) is 2.78. The molecule has 2 aromatic carbocycles. The number of thiophene rings is 1. The van der Waals surface area contributed by atoms with Gasteiger partial charge in [0, 0.05) is 27.5 Å². The number of hydrogen-bond donors (Lipinski definition) is 0. The fourth-order valence-corrected chi connectivity index (χ4v) is 5.38. The predicted octanol–water partition coefficient (Wildman–Crippen LogP) is 5.54. The molecule has 1 aliphatic rings. The number of amides is 2. The maximum Gasteiger partial charge on any atom is 0.254 e. The topological polar surface area (TPSA) is 49.9 Å². The Morgan fingerprint density at radius 1 is 1.12 bits per heavy atom. The molecule has 2 heterocycles. The van der Waals surface area contributed by atoms with Crippen molar-refractivity contribution in [3.8, 4) is 5.75 Å². The normalized spacial score (nSPS) is 15.3. The minimum atomic E-state index is -0.171. The number of methoxy groups -OCH3 is 1. The Bertz CT molecular complexity index is 1130. The summed E-state index contributed by atoms with van der Waals surface area (Å²) < 4.78 is 6.23. The molecule has 1 aromatic heterocycles. The Balaban J connectivity index is 1.61. The van der Waals surface area contributed by atoms with Crippen LogP contribution in [-0.2, 0) is 11.2 Å². The SMILES string of the molecule is COc1ccc(C2c3ccsc3CCN2C(=O)CN(C(=O)c2ccc(Br)cc2)C(C)C)cc1. The third-order valence-corrected chi connectivity index (χ3v) is 7.52. The van der Waals surface area contributed by atoms with Crippen molar-refractivity contribution in [2.75, 3.05) is 20.2 Å². The van der Waals surface area contributed by atoms with Crippen molar-refractivity contribution in [3.05, 3.63) is 86.0 Å². The van der Waals surface area contributed by atoms with Gasteiger partial charge in [-0.2, -0.15) is 0 Å². The third-order valence-electron chi connectivity index (χ3n) is 6.00. The number of rotatable bonds is 6. The highest BCUT2D eigenvalue weighted by molar-refractivity contribution is 9.10. The number of halogens is 1. The first-order valence-corrected chi connectivity index (χ1v) is 12.6. The molecule has 0 aliphatic carbocycles. The quantitative estimate of drug-likeness (QED) is 0.423. The molecular weight excluding hydrogens is 500 g/mol. The van der Waals surface area contributed by atoms with Crippen molar-refractivity contribution in [2.24, 2.45) is 0 Å². The molecule has 0 radical (unpaired) electrons. The van der Waals surface area contributed by atoms with Crippen molar-refractivity contribution in [1.29, 1.82) is 0 Å².